The van der Waals surface area contributed by atoms with Crippen molar-refractivity contribution in [1.82, 2.24) is 14.8 Å². The van der Waals surface area contributed by atoms with Crippen molar-refractivity contribution in [2.75, 3.05) is 11.1 Å². The van der Waals surface area contributed by atoms with E-state index < -0.39 is 0 Å². The highest BCUT2D eigenvalue weighted by Crippen LogP contribution is 2.30. The second-order valence-corrected chi connectivity index (χ2v) is 6.93. The molecule has 1 aromatic heterocycles. The van der Waals surface area contributed by atoms with E-state index in [2.05, 4.69) is 29.4 Å². The fourth-order valence-electron chi connectivity index (χ4n) is 2.05. The van der Waals surface area contributed by atoms with Gasteiger partial charge in [-0.05, 0) is 19.1 Å². The van der Waals surface area contributed by atoms with E-state index in [9.17, 15) is 4.79 Å². The average Bonchev–Trinajstić information content (AvgIpc) is 2.92. The molecule has 8 heteroatoms. The number of halogens is 2. The largest absolute Gasteiger partial charge is 0.323 e. The average molecular weight is 373 g/mol. The highest BCUT2D eigenvalue weighted by atomic mass is 35.5. The van der Waals surface area contributed by atoms with Crippen LogP contribution < -0.4 is 5.32 Å². The molecule has 0 aliphatic heterocycles. The number of carbonyl (C=O) groups is 1. The lowest BCUT2D eigenvalue weighted by Crippen LogP contribution is -2.15. The number of para-hydroxylation sites is 1. The van der Waals surface area contributed by atoms with Crippen LogP contribution in [0.1, 0.15) is 32.5 Å². The minimum absolute atomic E-state index is 0.193. The fraction of sp³-hybridized carbons (Fsp3) is 0.400. The van der Waals surface area contributed by atoms with E-state index in [4.69, 9.17) is 23.2 Å². The normalized spacial score (nSPS) is 11.0. The van der Waals surface area contributed by atoms with E-state index >= 15 is 0 Å². The molecule has 0 saturated carbocycles. The fourth-order valence-corrected chi connectivity index (χ4v) is 3.36. The predicted molar refractivity (Wildman–Crippen MR) is 95.6 cm³/mol. The number of nitrogens with zero attached hydrogens (tertiary/aromatic N) is 3. The van der Waals surface area contributed by atoms with Crippen LogP contribution in [0.15, 0.2) is 23.4 Å². The smallest absolute Gasteiger partial charge is 0.234 e. The van der Waals surface area contributed by atoms with Crippen molar-refractivity contribution in [3.63, 3.8) is 0 Å². The van der Waals surface area contributed by atoms with Gasteiger partial charge in [-0.25, -0.2) is 0 Å². The molecular weight excluding hydrogens is 355 g/mol. The Labute approximate surface area is 149 Å². The van der Waals surface area contributed by atoms with E-state index in [0.717, 1.165) is 17.5 Å². The first-order valence-corrected chi connectivity index (χ1v) is 8.98. The van der Waals surface area contributed by atoms with Crippen molar-refractivity contribution in [3.05, 3.63) is 34.1 Å². The zero-order valence-electron chi connectivity index (χ0n) is 13.1. The zero-order valence-corrected chi connectivity index (χ0v) is 15.5. The number of amides is 1. The second-order valence-electron chi connectivity index (χ2n) is 5.17. The van der Waals surface area contributed by atoms with Gasteiger partial charge in [-0.15, -0.1) is 10.2 Å². The summed E-state index contributed by atoms with van der Waals surface area (Å²) < 4.78 is 2.02. The molecule has 0 spiro atoms. The van der Waals surface area contributed by atoms with Crippen molar-refractivity contribution in [1.29, 1.82) is 0 Å². The summed E-state index contributed by atoms with van der Waals surface area (Å²) in [5.41, 5.74) is 0.432. The van der Waals surface area contributed by atoms with E-state index in [-0.39, 0.29) is 17.6 Å². The molecule has 1 amide bonds. The Balaban J connectivity index is 2.03. The third-order valence-corrected chi connectivity index (χ3v) is 4.73. The Kier molecular flexibility index (Phi) is 6.33. The van der Waals surface area contributed by atoms with Crippen LogP contribution in [0.4, 0.5) is 5.69 Å². The molecule has 0 aliphatic carbocycles. The van der Waals surface area contributed by atoms with E-state index in [1.165, 1.54) is 11.8 Å². The Hall–Kier alpha value is -1.24. The van der Waals surface area contributed by atoms with Gasteiger partial charge in [0.15, 0.2) is 5.16 Å². The number of benzene rings is 1. The summed E-state index contributed by atoms with van der Waals surface area (Å²) in [5, 5.41) is 12.7. The number of rotatable bonds is 6. The summed E-state index contributed by atoms with van der Waals surface area (Å²) in [6.07, 6.45) is 0. The van der Waals surface area contributed by atoms with Gasteiger partial charge in [-0.1, -0.05) is 54.9 Å². The van der Waals surface area contributed by atoms with Crippen LogP contribution in [0.3, 0.4) is 0 Å². The van der Waals surface area contributed by atoms with Gasteiger partial charge in [-0.3, -0.25) is 4.79 Å². The molecule has 124 valence electrons. The first-order chi connectivity index (χ1) is 10.9. The molecule has 5 nitrogen and oxygen atoms in total. The molecule has 2 rings (SSSR count). The standard InChI is InChI=1S/C15H18Cl2N4OS/c1-4-21-14(9(2)3)19-20-15(21)23-8-12(22)18-13-10(16)6-5-7-11(13)17/h5-7,9H,4,8H2,1-3H3,(H,18,22). The van der Waals surface area contributed by atoms with Crippen LogP contribution >= 0.6 is 35.0 Å². The van der Waals surface area contributed by atoms with E-state index in [1.807, 2.05) is 11.5 Å². The van der Waals surface area contributed by atoms with Crippen molar-refractivity contribution >= 4 is 46.6 Å². The van der Waals surface area contributed by atoms with Crippen molar-refractivity contribution in [2.45, 2.75) is 38.4 Å². The quantitative estimate of drug-likeness (QED) is 0.760. The summed E-state index contributed by atoms with van der Waals surface area (Å²) in [4.78, 5) is 12.1. The lowest BCUT2D eigenvalue weighted by molar-refractivity contribution is -0.113. The predicted octanol–water partition coefficient (Wildman–Crippen LogP) is 4.46. The molecule has 2 aromatic rings. The molecule has 0 radical (unpaired) electrons. The highest BCUT2D eigenvalue weighted by molar-refractivity contribution is 7.99. The molecule has 0 fully saturated rings. The molecule has 1 heterocycles. The third kappa shape index (κ3) is 4.40. The van der Waals surface area contributed by atoms with Gasteiger partial charge in [0.05, 0.1) is 21.5 Å². The molecule has 0 aliphatic rings. The minimum Gasteiger partial charge on any atom is -0.323 e. The Bertz CT molecular complexity index is 683. The zero-order chi connectivity index (χ0) is 17.0. The first kappa shape index (κ1) is 18.1. The number of nitrogens with one attached hydrogen (secondary N) is 1. The molecule has 1 aromatic carbocycles. The number of carbonyl (C=O) groups excluding carboxylic acids is 1. The van der Waals surface area contributed by atoms with Crippen LogP contribution in [0, 0.1) is 0 Å². The number of anilines is 1. The molecule has 1 N–H and O–H groups in total. The lowest BCUT2D eigenvalue weighted by Gasteiger charge is -2.10. The van der Waals surface area contributed by atoms with Crippen LogP contribution in [-0.4, -0.2) is 26.4 Å². The lowest BCUT2D eigenvalue weighted by atomic mass is 10.2. The van der Waals surface area contributed by atoms with Crippen molar-refractivity contribution < 1.29 is 4.79 Å². The summed E-state index contributed by atoms with van der Waals surface area (Å²) in [5.74, 6) is 1.22. The second kappa shape index (κ2) is 8.04. The Morgan fingerprint density at radius 1 is 1.30 bits per heavy atom. The van der Waals surface area contributed by atoms with Gasteiger partial charge in [0.1, 0.15) is 5.82 Å². The van der Waals surface area contributed by atoms with Crippen LogP contribution in [0.5, 0.6) is 0 Å². The topological polar surface area (TPSA) is 59.8 Å². The Morgan fingerprint density at radius 3 is 2.52 bits per heavy atom. The SMILES string of the molecule is CCn1c(SCC(=O)Nc2c(Cl)cccc2Cl)nnc1C(C)C. The maximum Gasteiger partial charge on any atom is 0.234 e. The molecule has 0 atom stereocenters. The molecule has 0 bridgehead atoms. The van der Waals surface area contributed by atoms with Crippen LogP contribution in [0.25, 0.3) is 0 Å². The van der Waals surface area contributed by atoms with Crippen molar-refractivity contribution in [2.24, 2.45) is 0 Å². The Morgan fingerprint density at radius 2 is 1.96 bits per heavy atom. The number of thioether (sulfide) groups is 1. The minimum atomic E-state index is -0.193. The van der Waals surface area contributed by atoms with Gasteiger partial charge in [0.2, 0.25) is 5.91 Å². The summed E-state index contributed by atoms with van der Waals surface area (Å²) in [6, 6.07) is 5.09. The maximum absolute atomic E-state index is 12.1. The van der Waals surface area contributed by atoms with Gasteiger partial charge in [-0.2, -0.15) is 0 Å². The molecule has 23 heavy (non-hydrogen) atoms. The monoisotopic (exact) mass is 372 g/mol. The summed E-state index contributed by atoms with van der Waals surface area (Å²) in [6.45, 7) is 6.93. The number of aromatic nitrogens is 3. The van der Waals surface area contributed by atoms with E-state index in [0.29, 0.717) is 15.7 Å². The van der Waals surface area contributed by atoms with Gasteiger partial charge in [0, 0.05) is 12.5 Å². The maximum atomic E-state index is 12.1. The summed E-state index contributed by atoms with van der Waals surface area (Å²) in [7, 11) is 0. The van der Waals surface area contributed by atoms with Gasteiger partial charge in [0.25, 0.3) is 0 Å². The van der Waals surface area contributed by atoms with Crippen LogP contribution in [-0.2, 0) is 11.3 Å². The third-order valence-electron chi connectivity index (χ3n) is 3.14. The molecule has 0 unspecified atom stereocenters. The first-order valence-electron chi connectivity index (χ1n) is 7.23. The van der Waals surface area contributed by atoms with E-state index in [1.54, 1.807) is 18.2 Å². The van der Waals surface area contributed by atoms with Crippen LogP contribution in [0.2, 0.25) is 10.0 Å². The number of hydrogen-bond acceptors (Lipinski definition) is 4. The molecular formula is C15H18Cl2N4OS. The van der Waals surface area contributed by atoms with Gasteiger partial charge >= 0.3 is 0 Å². The summed E-state index contributed by atoms with van der Waals surface area (Å²) >= 11 is 13.4. The van der Waals surface area contributed by atoms with Gasteiger partial charge < -0.3 is 9.88 Å². The number of hydrogen-bond donors (Lipinski definition) is 1. The molecule has 0 saturated heterocycles. The highest BCUT2D eigenvalue weighted by Gasteiger charge is 2.16. The van der Waals surface area contributed by atoms with Crippen molar-refractivity contribution in [3.8, 4) is 0 Å².